The second-order valence-corrected chi connectivity index (χ2v) is 13.9. The van der Waals surface area contributed by atoms with E-state index in [1.807, 2.05) is 23.5 Å². The number of rotatable bonds is 2. The summed E-state index contributed by atoms with van der Waals surface area (Å²) < 4.78 is 0. The monoisotopic (exact) mass is 622 g/mol. The molecule has 0 radical (unpaired) electrons. The van der Waals surface area contributed by atoms with Gasteiger partial charge in [-0.05, 0) is 91.6 Å². The Morgan fingerprint density at radius 2 is 0.696 bits per heavy atom. The summed E-state index contributed by atoms with van der Waals surface area (Å²) in [5.74, 6) is 0. The van der Waals surface area contributed by atoms with Crippen molar-refractivity contribution < 1.29 is 0 Å². The van der Waals surface area contributed by atoms with Crippen molar-refractivity contribution in [3.8, 4) is 0 Å². The lowest BCUT2D eigenvalue weighted by Gasteiger charge is -2.27. The minimum absolute atomic E-state index is 1.17. The van der Waals surface area contributed by atoms with Crippen LogP contribution in [0.3, 0.4) is 0 Å². The first-order valence-corrected chi connectivity index (χ1v) is 17.1. The fourth-order valence-electron chi connectivity index (χ4n) is 7.02. The van der Waals surface area contributed by atoms with Crippen LogP contribution < -0.4 is 9.80 Å². The highest BCUT2D eigenvalue weighted by Crippen LogP contribution is 2.59. The standard InChI is InChI=1S/C42H26N2S2/c1-3-11-33-27(9-1)17-19-29-21-23-31(25-35(29)33)43-37-13-5-7-15-39(37)45-41(43)42-44(38-14-6-8-16-40(38)46-42)32-24-22-30-20-18-28-10-2-4-12-34(28)36(30)26-32/h1-26H/b42-41+. The number of hydrogen-bond acceptors (Lipinski definition) is 4. The summed E-state index contributed by atoms with van der Waals surface area (Å²) in [5.41, 5.74) is 4.78. The van der Waals surface area contributed by atoms with Crippen LogP contribution in [0.2, 0.25) is 0 Å². The maximum atomic E-state index is 2.47. The Labute approximate surface area is 275 Å². The lowest BCUT2D eigenvalue weighted by molar-refractivity contribution is 1.19. The van der Waals surface area contributed by atoms with E-state index >= 15 is 0 Å². The largest absolute Gasteiger partial charge is 0.301 e. The van der Waals surface area contributed by atoms with E-state index in [2.05, 4.69) is 168 Å². The zero-order valence-electron chi connectivity index (χ0n) is 24.7. The first-order valence-electron chi connectivity index (χ1n) is 15.5. The van der Waals surface area contributed by atoms with Crippen molar-refractivity contribution >= 4 is 89.4 Å². The SMILES string of the molecule is c1ccc2c(c1)S/C(=C1/Sc3ccccc3N1c1ccc3ccc4ccccc4c3c1)N2c1ccc2ccc3ccccc3c2c1. The third-order valence-corrected chi connectivity index (χ3v) is 11.6. The molecule has 0 atom stereocenters. The number of fused-ring (bicyclic) bond motifs is 8. The zero-order chi connectivity index (χ0) is 30.2. The molecule has 0 bridgehead atoms. The lowest BCUT2D eigenvalue weighted by Crippen LogP contribution is -2.18. The molecule has 2 aliphatic rings. The molecule has 0 saturated heterocycles. The van der Waals surface area contributed by atoms with Crippen molar-refractivity contribution in [1.82, 2.24) is 0 Å². The predicted octanol–water partition coefficient (Wildman–Crippen LogP) is 12.6. The van der Waals surface area contributed by atoms with Gasteiger partial charge in [-0.2, -0.15) is 0 Å². The van der Waals surface area contributed by atoms with Crippen LogP contribution in [0.1, 0.15) is 0 Å². The van der Waals surface area contributed by atoms with Crippen molar-refractivity contribution in [2.75, 3.05) is 9.80 Å². The molecular formula is C42H26N2S2. The van der Waals surface area contributed by atoms with Crippen LogP contribution in [0.25, 0.3) is 43.1 Å². The molecule has 8 aromatic rings. The summed E-state index contributed by atoms with van der Waals surface area (Å²) in [6, 6.07) is 57.8. The van der Waals surface area contributed by atoms with Crippen molar-refractivity contribution in [3.63, 3.8) is 0 Å². The van der Waals surface area contributed by atoms with E-state index in [9.17, 15) is 0 Å². The molecule has 0 amide bonds. The zero-order valence-corrected chi connectivity index (χ0v) is 26.4. The molecule has 4 heteroatoms. The van der Waals surface area contributed by atoms with Crippen LogP contribution in [0.15, 0.2) is 178 Å². The predicted molar refractivity (Wildman–Crippen MR) is 199 cm³/mol. The van der Waals surface area contributed by atoms with Gasteiger partial charge in [0.05, 0.1) is 11.4 Å². The van der Waals surface area contributed by atoms with Crippen molar-refractivity contribution in [3.05, 3.63) is 168 Å². The average molecular weight is 623 g/mol. The molecule has 2 heterocycles. The van der Waals surface area contributed by atoms with E-state index in [1.54, 1.807) is 0 Å². The highest BCUT2D eigenvalue weighted by molar-refractivity contribution is 8.07. The number of benzene rings is 8. The second-order valence-electron chi connectivity index (χ2n) is 11.8. The van der Waals surface area contributed by atoms with E-state index in [0.717, 1.165) is 0 Å². The maximum Gasteiger partial charge on any atom is 0.116 e. The average Bonchev–Trinajstić information content (AvgIpc) is 3.70. The first kappa shape index (κ1) is 26.1. The smallest absolute Gasteiger partial charge is 0.116 e. The highest BCUT2D eigenvalue weighted by atomic mass is 32.2. The van der Waals surface area contributed by atoms with Crippen LogP contribution >= 0.6 is 23.5 Å². The van der Waals surface area contributed by atoms with Gasteiger partial charge in [-0.3, -0.25) is 0 Å². The maximum absolute atomic E-state index is 2.47. The molecule has 0 saturated carbocycles. The summed E-state index contributed by atoms with van der Waals surface area (Å²) in [7, 11) is 0. The second kappa shape index (κ2) is 10.2. The topological polar surface area (TPSA) is 6.48 Å². The number of anilines is 4. The third-order valence-electron chi connectivity index (χ3n) is 9.19. The van der Waals surface area contributed by atoms with E-state index in [-0.39, 0.29) is 0 Å². The molecule has 46 heavy (non-hydrogen) atoms. The third kappa shape index (κ3) is 3.94. The molecule has 216 valence electrons. The molecule has 0 aliphatic carbocycles. The molecule has 0 aromatic heterocycles. The van der Waals surface area contributed by atoms with E-state index in [4.69, 9.17) is 0 Å². The summed E-state index contributed by atoms with van der Waals surface area (Å²) in [5, 5.41) is 12.6. The number of thioether (sulfide) groups is 2. The van der Waals surface area contributed by atoms with E-state index < -0.39 is 0 Å². The molecule has 0 fully saturated rings. The van der Waals surface area contributed by atoms with Gasteiger partial charge in [0, 0.05) is 21.2 Å². The van der Waals surface area contributed by atoms with Gasteiger partial charge in [0.25, 0.3) is 0 Å². The minimum Gasteiger partial charge on any atom is -0.301 e. The van der Waals surface area contributed by atoms with Crippen LogP contribution in [0.4, 0.5) is 22.7 Å². The summed E-state index contributed by atoms with van der Waals surface area (Å²) in [6.07, 6.45) is 0. The van der Waals surface area contributed by atoms with Gasteiger partial charge in [0.1, 0.15) is 10.1 Å². The summed E-state index contributed by atoms with van der Waals surface area (Å²) in [6.45, 7) is 0. The van der Waals surface area contributed by atoms with Gasteiger partial charge in [-0.1, -0.05) is 133 Å². The Kier molecular flexibility index (Phi) is 5.77. The van der Waals surface area contributed by atoms with Crippen molar-refractivity contribution in [2.24, 2.45) is 0 Å². The molecule has 0 spiro atoms. The summed E-state index contributed by atoms with van der Waals surface area (Å²) in [4.78, 5) is 7.48. The molecule has 0 N–H and O–H groups in total. The molecule has 2 aliphatic heterocycles. The Morgan fingerprint density at radius 3 is 1.17 bits per heavy atom. The van der Waals surface area contributed by atoms with Crippen molar-refractivity contribution in [1.29, 1.82) is 0 Å². The lowest BCUT2D eigenvalue weighted by atomic mass is 10.0. The molecule has 2 nitrogen and oxygen atoms in total. The number of para-hydroxylation sites is 2. The number of hydrogen-bond donors (Lipinski definition) is 0. The summed E-state index contributed by atoms with van der Waals surface area (Å²) >= 11 is 3.73. The van der Waals surface area contributed by atoms with Crippen LogP contribution in [-0.4, -0.2) is 0 Å². The van der Waals surface area contributed by atoms with Gasteiger partial charge in [-0.25, -0.2) is 0 Å². The van der Waals surface area contributed by atoms with Gasteiger partial charge < -0.3 is 9.80 Å². The Balaban J connectivity index is 1.22. The fraction of sp³-hybridized carbons (Fsp3) is 0. The Morgan fingerprint density at radius 1 is 0.326 bits per heavy atom. The van der Waals surface area contributed by atoms with Gasteiger partial charge in [0.15, 0.2) is 0 Å². The van der Waals surface area contributed by atoms with Gasteiger partial charge >= 0.3 is 0 Å². The normalized spacial score (nSPS) is 15.7. The van der Waals surface area contributed by atoms with Crippen LogP contribution in [0.5, 0.6) is 0 Å². The van der Waals surface area contributed by atoms with E-state index in [1.165, 1.54) is 85.7 Å². The minimum atomic E-state index is 1.17. The molecule has 10 rings (SSSR count). The molecular weight excluding hydrogens is 597 g/mol. The quantitative estimate of drug-likeness (QED) is 0.177. The fourth-order valence-corrected chi connectivity index (χ4v) is 9.46. The highest BCUT2D eigenvalue weighted by Gasteiger charge is 2.36. The van der Waals surface area contributed by atoms with Crippen LogP contribution in [0, 0.1) is 0 Å². The molecule has 8 aromatic carbocycles. The van der Waals surface area contributed by atoms with E-state index in [0.29, 0.717) is 0 Å². The molecule has 0 unspecified atom stereocenters. The van der Waals surface area contributed by atoms with Gasteiger partial charge in [0.2, 0.25) is 0 Å². The first-order chi connectivity index (χ1) is 22.8. The Bertz CT molecular complexity index is 2390. The number of nitrogens with zero attached hydrogens (tertiary/aromatic N) is 2. The van der Waals surface area contributed by atoms with Crippen LogP contribution in [-0.2, 0) is 0 Å². The Hall–Kier alpha value is -5.16. The van der Waals surface area contributed by atoms with Crippen molar-refractivity contribution in [2.45, 2.75) is 9.79 Å². The van der Waals surface area contributed by atoms with Gasteiger partial charge in [-0.15, -0.1) is 0 Å².